The molecule has 1 atom stereocenters. The molecule has 0 N–H and O–H groups in total. The highest BCUT2D eigenvalue weighted by atomic mass is 35.5. The average Bonchev–Trinajstić information content (AvgIpc) is 3.07. The largest absolute Gasteiger partial charge is 0.619 e. The van der Waals surface area contributed by atoms with Crippen molar-refractivity contribution in [3.05, 3.63) is 105 Å². The van der Waals surface area contributed by atoms with Gasteiger partial charge in [0.25, 0.3) is 5.91 Å². The first kappa shape index (κ1) is 34.5. The molecule has 1 unspecified atom stereocenters. The van der Waals surface area contributed by atoms with Crippen LogP contribution in [0.1, 0.15) is 53.1 Å². The summed E-state index contributed by atoms with van der Waals surface area (Å²) in [6.07, 6.45) is 6.49. The molecule has 2 saturated heterocycles. The Bertz CT molecular complexity index is 1510. The van der Waals surface area contributed by atoms with Gasteiger partial charge in [-0.1, -0.05) is 58.7 Å². The second kappa shape index (κ2) is 16.3. The SMILES string of the molecule is CO/N=C(\CN(C)C(=O)c1cc(Cl)cc(Cl)c1)C(CCN1CCC(N2CCCN(Cc3cc[n+]([O-])cc3)C2=O)CC1)c1ccccc1. The fourth-order valence-corrected chi connectivity index (χ4v) is 7.10. The Hall–Kier alpha value is -3.86. The molecule has 3 heterocycles. The zero-order chi connectivity index (χ0) is 33.3. The molecule has 0 spiro atoms. The van der Waals surface area contributed by atoms with E-state index >= 15 is 0 Å². The maximum Gasteiger partial charge on any atom is 0.320 e. The van der Waals surface area contributed by atoms with Gasteiger partial charge in [-0.25, -0.2) is 4.79 Å². The molecule has 2 aliphatic heterocycles. The predicted octanol–water partition coefficient (Wildman–Crippen LogP) is 5.67. The summed E-state index contributed by atoms with van der Waals surface area (Å²) >= 11 is 12.3. The van der Waals surface area contributed by atoms with Gasteiger partial charge in [0, 0.05) is 79.5 Å². The van der Waals surface area contributed by atoms with Crippen LogP contribution in [0.15, 0.2) is 78.2 Å². The number of hydrogen-bond acceptors (Lipinski definition) is 6. The van der Waals surface area contributed by atoms with Crippen LogP contribution >= 0.6 is 23.2 Å². The molecule has 2 aliphatic rings. The van der Waals surface area contributed by atoms with E-state index in [1.54, 1.807) is 42.3 Å². The number of nitrogens with zero attached hydrogens (tertiary/aromatic N) is 6. The van der Waals surface area contributed by atoms with Crippen molar-refractivity contribution in [2.75, 3.05) is 53.4 Å². The number of urea groups is 1. The summed E-state index contributed by atoms with van der Waals surface area (Å²) in [4.78, 5) is 40.1. The predicted molar refractivity (Wildman–Crippen MR) is 184 cm³/mol. The van der Waals surface area contributed by atoms with Crippen LogP contribution < -0.4 is 4.73 Å². The Balaban J connectivity index is 1.20. The molecule has 47 heavy (non-hydrogen) atoms. The number of piperidine rings is 1. The molecule has 12 heteroatoms. The fourth-order valence-electron chi connectivity index (χ4n) is 6.57. The highest BCUT2D eigenvalue weighted by molar-refractivity contribution is 6.35. The second-order valence-corrected chi connectivity index (χ2v) is 13.1. The lowest BCUT2D eigenvalue weighted by molar-refractivity contribution is -0.605. The van der Waals surface area contributed by atoms with Crippen LogP contribution in [0.4, 0.5) is 4.79 Å². The minimum atomic E-state index is -0.211. The van der Waals surface area contributed by atoms with Gasteiger partial charge in [0.05, 0.1) is 12.3 Å². The van der Waals surface area contributed by atoms with Gasteiger partial charge in [-0.05, 0) is 61.6 Å². The highest BCUT2D eigenvalue weighted by Crippen LogP contribution is 2.27. The third-order valence-electron chi connectivity index (χ3n) is 8.99. The lowest BCUT2D eigenvalue weighted by Gasteiger charge is -2.43. The van der Waals surface area contributed by atoms with Crippen molar-refractivity contribution in [3.63, 3.8) is 0 Å². The first-order chi connectivity index (χ1) is 22.7. The molecule has 10 nitrogen and oxygen atoms in total. The maximum absolute atomic E-state index is 13.5. The normalized spacial score (nSPS) is 17.1. The molecule has 5 rings (SSSR count). The van der Waals surface area contributed by atoms with Crippen LogP contribution in [-0.4, -0.2) is 96.7 Å². The molecule has 250 valence electrons. The van der Waals surface area contributed by atoms with Crippen molar-refractivity contribution in [2.45, 2.75) is 44.2 Å². The van der Waals surface area contributed by atoms with Crippen LogP contribution in [0.2, 0.25) is 10.0 Å². The average molecular weight is 682 g/mol. The smallest absolute Gasteiger partial charge is 0.320 e. The van der Waals surface area contributed by atoms with Crippen molar-refractivity contribution in [2.24, 2.45) is 5.16 Å². The number of benzene rings is 2. The molecule has 0 bridgehead atoms. The van der Waals surface area contributed by atoms with Gasteiger partial charge in [-0.15, -0.1) is 0 Å². The zero-order valence-corrected chi connectivity index (χ0v) is 28.4. The van der Waals surface area contributed by atoms with Gasteiger partial charge in [0.1, 0.15) is 7.11 Å². The van der Waals surface area contributed by atoms with Gasteiger partial charge in [-0.3, -0.25) is 4.79 Å². The van der Waals surface area contributed by atoms with Crippen molar-refractivity contribution in [1.29, 1.82) is 0 Å². The monoisotopic (exact) mass is 680 g/mol. The Morgan fingerprint density at radius 1 is 1.04 bits per heavy atom. The minimum Gasteiger partial charge on any atom is -0.619 e. The number of amides is 3. The Kier molecular flexibility index (Phi) is 12.0. The Morgan fingerprint density at radius 3 is 2.38 bits per heavy atom. The van der Waals surface area contributed by atoms with Gasteiger partial charge in [0.2, 0.25) is 0 Å². The van der Waals surface area contributed by atoms with Crippen LogP contribution in [0.25, 0.3) is 0 Å². The topological polar surface area (TPSA) is 95.6 Å². The van der Waals surface area contributed by atoms with Gasteiger partial charge in [-0.2, -0.15) is 4.73 Å². The van der Waals surface area contributed by atoms with Crippen molar-refractivity contribution < 1.29 is 19.2 Å². The summed E-state index contributed by atoms with van der Waals surface area (Å²) in [5, 5.41) is 16.6. The third kappa shape index (κ3) is 9.15. The fraction of sp³-hybridized carbons (Fsp3) is 0.429. The molecular weight excluding hydrogens is 639 g/mol. The summed E-state index contributed by atoms with van der Waals surface area (Å²) < 4.78 is 0.758. The number of carbonyl (C=O) groups excluding carboxylic acids is 2. The van der Waals surface area contributed by atoms with E-state index in [-0.39, 0.29) is 30.4 Å². The number of oxime groups is 1. The molecule has 0 radical (unpaired) electrons. The van der Waals surface area contributed by atoms with Crippen LogP contribution in [0, 0.1) is 5.21 Å². The van der Waals surface area contributed by atoms with Crippen LogP contribution in [0.3, 0.4) is 0 Å². The molecular formula is C35H42Cl2N6O4. The number of carbonyl (C=O) groups is 2. The van der Waals surface area contributed by atoms with Gasteiger partial charge >= 0.3 is 6.03 Å². The van der Waals surface area contributed by atoms with Crippen molar-refractivity contribution in [1.82, 2.24) is 19.6 Å². The van der Waals surface area contributed by atoms with E-state index in [1.807, 2.05) is 28.0 Å². The summed E-state index contributed by atoms with van der Waals surface area (Å²) in [7, 11) is 3.26. The van der Waals surface area contributed by atoms with Crippen molar-refractivity contribution in [3.8, 4) is 0 Å². The lowest BCUT2D eigenvalue weighted by Crippen LogP contribution is -2.55. The van der Waals surface area contributed by atoms with E-state index in [9.17, 15) is 14.8 Å². The highest BCUT2D eigenvalue weighted by Gasteiger charge is 2.33. The molecule has 3 aromatic rings. The van der Waals surface area contributed by atoms with Crippen LogP contribution in [0.5, 0.6) is 0 Å². The molecule has 0 saturated carbocycles. The van der Waals surface area contributed by atoms with Crippen molar-refractivity contribution >= 4 is 40.9 Å². The number of halogens is 2. The molecule has 3 amide bonds. The summed E-state index contributed by atoms with van der Waals surface area (Å²) in [6, 6.07) is 18.8. The van der Waals surface area contributed by atoms with Gasteiger partial charge in [0.15, 0.2) is 12.4 Å². The molecule has 2 fully saturated rings. The summed E-state index contributed by atoms with van der Waals surface area (Å²) in [5.74, 6) is -0.282. The lowest BCUT2D eigenvalue weighted by atomic mass is 9.89. The van der Waals surface area contributed by atoms with E-state index in [1.165, 1.54) is 19.5 Å². The standard InChI is InChI=1S/C35H42Cl2N6O4/c1-39(34(44)28-21-29(36)23-30(37)22-28)25-33(38-47-2)32(27-7-4-3-5-8-27)13-18-40-16-11-31(12-17-40)43-15-6-14-41(35(43)45)24-26-9-19-42(46)20-10-26/h3-5,7-10,19-23,31-32H,6,11-18,24-25H2,1-2H3/b38-33+. The summed E-state index contributed by atoms with van der Waals surface area (Å²) in [5.41, 5.74) is 3.22. The molecule has 1 aromatic heterocycles. The Morgan fingerprint density at radius 2 is 1.72 bits per heavy atom. The van der Waals surface area contributed by atoms with E-state index in [0.29, 0.717) is 22.2 Å². The molecule has 2 aromatic carbocycles. The second-order valence-electron chi connectivity index (χ2n) is 12.2. The first-order valence-corrected chi connectivity index (χ1v) is 16.8. The maximum atomic E-state index is 13.5. The van der Waals surface area contributed by atoms with E-state index in [4.69, 9.17) is 28.0 Å². The Labute approximate surface area is 286 Å². The minimum absolute atomic E-state index is 0.0709. The first-order valence-electron chi connectivity index (χ1n) is 16.0. The third-order valence-corrected chi connectivity index (χ3v) is 9.42. The number of rotatable bonds is 12. The van der Waals surface area contributed by atoms with E-state index in [0.717, 1.165) is 80.0 Å². The molecule has 0 aliphatic carbocycles. The number of hydrogen-bond donors (Lipinski definition) is 0. The van der Waals surface area contributed by atoms with E-state index in [2.05, 4.69) is 22.2 Å². The zero-order valence-electron chi connectivity index (χ0n) is 26.9. The van der Waals surface area contributed by atoms with Gasteiger partial charge < -0.3 is 29.6 Å². The van der Waals surface area contributed by atoms with Crippen LogP contribution in [-0.2, 0) is 11.4 Å². The number of likely N-dealkylation sites (tertiary alicyclic amines) is 1. The van der Waals surface area contributed by atoms with E-state index < -0.39 is 0 Å². The quantitative estimate of drug-likeness (QED) is 0.106. The summed E-state index contributed by atoms with van der Waals surface area (Å²) in [6.45, 7) is 4.90. The number of pyridine rings is 1. The number of aromatic nitrogens is 1.